The van der Waals surface area contributed by atoms with Crippen molar-refractivity contribution in [2.45, 2.75) is 63.2 Å². The summed E-state index contributed by atoms with van der Waals surface area (Å²) in [6.07, 6.45) is 3.33. The number of aromatic nitrogens is 2. The van der Waals surface area contributed by atoms with Crippen molar-refractivity contribution in [3.05, 3.63) is 71.5 Å². The minimum absolute atomic E-state index is 0.0193. The molecule has 2 N–H and O–H groups in total. The van der Waals surface area contributed by atoms with Gasteiger partial charge in [0.15, 0.2) is 0 Å². The molecule has 0 aliphatic rings. The molecule has 0 saturated carbocycles. The van der Waals surface area contributed by atoms with Crippen molar-refractivity contribution in [3.63, 3.8) is 0 Å². The number of unbranched alkanes of at least 4 members (excludes halogenated alkanes) is 2. The molecule has 0 saturated heterocycles. The average Bonchev–Trinajstić information content (AvgIpc) is 2.88. The van der Waals surface area contributed by atoms with E-state index in [1.807, 2.05) is 13.8 Å². The Kier molecular flexibility index (Phi) is 10.2. The van der Waals surface area contributed by atoms with E-state index >= 15 is 0 Å². The van der Waals surface area contributed by atoms with Crippen molar-refractivity contribution in [2.75, 3.05) is 23.1 Å². The predicted molar refractivity (Wildman–Crippen MR) is 152 cm³/mol. The number of aryl methyl sites for hydroxylation is 2. The van der Waals surface area contributed by atoms with Gasteiger partial charge in [-0.2, -0.15) is 4.31 Å². The fourth-order valence-electron chi connectivity index (χ4n) is 3.82. The zero-order valence-corrected chi connectivity index (χ0v) is 24.3. The van der Waals surface area contributed by atoms with E-state index in [-0.39, 0.29) is 21.3 Å². The van der Waals surface area contributed by atoms with Gasteiger partial charge in [0.1, 0.15) is 0 Å². The molecule has 3 rings (SSSR count). The van der Waals surface area contributed by atoms with Crippen molar-refractivity contribution < 1.29 is 21.6 Å². The van der Waals surface area contributed by atoms with Gasteiger partial charge in [-0.25, -0.2) is 31.5 Å². The van der Waals surface area contributed by atoms with Crippen molar-refractivity contribution in [2.24, 2.45) is 0 Å². The van der Waals surface area contributed by atoms with E-state index in [2.05, 4.69) is 20.0 Å². The first-order chi connectivity index (χ1) is 18.5. The average molecular weight is 574 g/mol. The molecule has 0 atom stereocenters. The summed E-state index contributed by atoms with van der Waals surface area (Å²) in [5, 5.41) is 2.70. The van der Waals surface area contributed by atoms with Crippen LogP contribution in [0, 0.1) is 13.8 Å². The fourth-order valence-corrected chi connectivity index (χ4v) is 6.28. The van der Waals surface area contributed by atoms with Crippen molar-refractivity contribution >= 4 is 37.6 Å². The molecule has 0 bridgehead atoms. The van der Waals surface area contributed by atoms with Crippen LogP contribution in [0.15, 0.2) is 64.4 Å². The number of benzene rings is 2. The molecule has 3 aromatic rings. The molecular formula is C27H35N5O5S2. The Balaban J connectivity index is 1.69. The summed E-state index contributed by atoms with van der Waals surface area (Å²) in [7, 11) is -7.59. The SMILES string of the molecule is CCCCN(CCCC)S(=O)(=O)c1ccc(C(=O)Nc2ccc(S(=O)(=O)Nc3nc(C)cc(C)n3)cc2)cc1. The molecule has 39 heavy (non-hydrogen) atoms. The fraction of sp³-hybridized carbons (Fsp3) is 0.370. The maximum Gasteiger partial charge on any atom is 0.264 e. The van der Waals surface area contributed by atoms with E-state index in [0.717, 1.165) is 25.7 Å². The van der Waals surface area contributed by atoms with Crippen LogP contribution in [0.4, 0.5) is 11.6 Å². The molecular weight excluding hydrogens is 538 g/mol. The van der Waals surface area contributed by atoms with Gasteiger partial charge in [0.2, 0.25) is 16.0 Å². The van der Waals surface area contributed by atoms with Crippen molar-refractivity contribution in [1.29, 1.82) is 0 Å². The Morgan fingerprint density at radius 2 is 1.31 bits per heavy atom. The van der Waals surface area contributed by atoms with Crippen molar-refractivity contribution in [1.82, 2.24) is 14.3 Å². The van der Waals surface area contributed by atoms with Crippen LogP contribution in [0.25, 0.3) is 0 Å². The lowest BCUT2D eigenvalue weighted by Gasteiger charge is -2.22. The topological polar surface area (TPSA) is 138 Å². The van der Waals surface area contributed by atoms with Crippen LogP contribution < -0.4 is 10.0 Å². The maximum atomic E-state index is 13.1. The smallest absolute Gasteiger partial charge is 0.264 e. The first-order valence-corrected chi connectivity index (χ1v) is 15.8. The monoisotopic (exact) mass is 573 g/mol. The molecule has 1 heterocycles. The molecule has 0 spiro atoms. The Bertz CT molecular complexity index is 1460. The molecule has 0 aliphatic carbocycles. The molecule has 12 heteroatoms. The number of nitrogens with one attached hydrogen (secondary N) is 2. The van der Waals surface area contributed by atoms with E-state index in [9.17, 15) is 21.6 Å². The summed E-state index contributed by atoms with van der Waals surface area (Å²) < 4.78 is 55.6. The molecule has 10 nitrogen and oxygen atoms in total. The molecule has 0 unspecified atom stereocenters. The van der Waals surface area contributed by atoms with Crippen LogP contribution >= 0.6 is 0 Å². The highest BCUT2D eigenvalue weighted by Crippen LogP contribution is 2.20. The van der Waals surface area contributed by atoms with Crippen LogP contribution in [0.5, 0.6) is 0 Å². The van der Waals surface area contributed by atoms with Gasteiger partial charge in [-0.3, -0.25) is 4.79 Å². The third-order valence-corrected chi connectivity index (χ3v) is 9.16. The second kappa shape index (κ2) is 13.1. The van der Waals surface area contributed by atoms with Gasteiger partial charge in [0.25, 0.3) is 15.9 Å². The van der Waals surface area contributed by atoms with Gasteiger partial charge in [0.05, 0.1) is 9.79 Å². The lowest BCUT2D eigenvalue weighted by Crippen LogP contribution is -2.33. The number of amides is 1. The van der Waals surface area contributed by atoms with E-state index in [4.69, 9.17) is 0 Å². The van der Waals surface area contributed by atoms with Gasteiger partial charge in [0, 0.05) is 35.7 Å². The highest BCUT2D eigenvalue weighted by atomic mass is 32.2. The minimum atomic E-state index is -3.93. The number of nitrogens with zero attached hydrogens (tertiary/aromatic N) is 3. The second-order valence-electron chi connectivity index (χ2n) is 9.19. The van der Waals surface area contributed by atoms with Crippen LogP contribution in [0.2, 0.25) is 0 Å². The Labute approximate surface area is 231 Å². The predicted octanol–water partition coefficient (Wildman–Crippen LogP) is 4.74. The van der Waals surface area contributed by atoms with Crippen LogP contribution in [-0.2, 0) is 20.0 Å². The normalized spacial score (nSPS) is 11.9. The Hall–Kier alpha value is -3.35. The van der Waals surface area contributed by atoms with Gasteiger partial charge in [-0.1, -0.05) is 26.7 Å². The van der Waals surface area contributed by atoms with E-state index in [1.165, 1.54) is 52.8 Å². The zero-order valence-electron chi connectivity index (χ0n) is 22.6. The lowest BCUT2D eigenvalue weighted by molar-refractivity contribution is 0.102. The number of rotatable bonds is 13. The number of carbonyl (C=O) groups excluding carboxylic acids is 1. The summed E-state index contributed by atoms with van der Waals surface area (Å²) in [5.41, 5.74) is 1.92. The standard InChI is InChI=1S/C27H35N5O5S2/c1-5-7-17-32(18-8-6-2)39(36,37)25-13-9-22(10-14-25)26(33)30-23-11-15-24(16-12-23)38(34,35)31-27-28-20(3)19-21(4)29-27/h9-16,19H,5-8,17-18H2,1-4H3,(H,30,33)(H,28,29,31). The van der Waals surface area contributed by atoms with Crippen LogP contribution in [0.3, 0.4) is 0 Å². The first kappa shape index (κ1) is 30.2. The number of sulfonamides is 2. The summed E-state index contributed by atoms with van der Waals surface area (Å²) in [6.45, 7) is 8.43. The van der Waals surface area contributed by atoms with Gasteiger partial charge in [-0.15, -0.1) is 0 Å². The third-order valence-electron chi connectivity index (χ3n) is 5.91. The molecule has 210 valence electrons. The maximum absolute atomic E-state index is 13.1. The van der Waals surface area contributed by atoms with Crippen LogP contribution in [0.1, 0.15) is 61.3 Å². The highest BCUT2D eigenvalue weighted by molar-refractivity contribution is 7.92. The van der Waals surface area contributed by atoms with Crippen LogP contribution in [-0.4, -0.2) is 50.1 Å². The van der Waals surface area contributed by atoms with Gasteiger partial charge < -0.3 is 5.32 Å². The molecule has 1 aromatic heterocycles. The molecule has 0 radical (unpaired) electrons. The van der Waals surface area contributed by atoms with E-state index in [1.54, 1.807) is 19.9 Å². The minimum Gasteiger partial charge on any atom is -0.322 e. The lowest BCUT2D eigenvalue weighted by atomic mass is 10.2. The summed E-state index contributed by atoms with van der Waals surface area (Å²) >= 11 is 0. The molecule has 0 fully saturated rings. The largest absolute Gasteiger partial charge is 0.322 e. The van der Waals surface area contributed by atoms with E-state index in [0.29, 0.717) is 30.2 Å². The quantitative estimate of drug-likeness (QED) is 0.301. The number of carbonyl (C=O) groups is 1. The molecule has 0 aliphatic heterocycles. The second-order valence-corrected chi connectivity index (χ2v) is 12.8. The van der Waals surface area contributed by atoms with Crippen molar-refractivity contribution in [3.8, 4) is 0 Å². The summed E-state index contributed by atoms with van der Waals surface area (Å²) in [5.74, 6) is -0.473. The van der Waals surface area contributed by atoms with Gasteiger partial charge >= 0.3 is 0 Å². The number of hydrogen-bond acceptors (Lipinski definition) is 7. The highest BCUT2D eigenvalue weighted by Gasteiger charge is 2.24. The Morgan fingerprint density at radius 1 is 0.795 bits per heavy atom. The number of hydrogen-bond donors (Lipinski definition) is 2. The zero-order chi connectivity index (χ0) is 28.6. The van der Waals surface area contributed by atoms with Gasteiger partial charge in [-0.05, 0) is 81.3 Å². The summed E-state index contributed by atoms with van der Waals surface area (Å²) in [4.78, 5) is 21.1. The first-order valence-electron chi connectivity index (χ1n) is 12.8. The number of anilines is 2. The molecule has 1 amide bonds. The molecule has 2 aromatic carbocycles. The third kappa shape index (κ3) is 8.07. The van der Waals surface area contributed by atoms with E-state index < -0.39 is 26.0 Å². The Morgan fingerprint density at radius 3 is 1.82 bits per heavy atom. The summed E-state index contributed by atoms with van der Waals surface area (Å²) in [6, 6.07) is 13.2.